The van der Waals surface area contributed by atoms with Crippen LogP contribution in [0.3, 0.4) is 0 Å². The molecule has 1 aliphatic carbocycles. The van der Waals surface area contributed by atoms with Crippen LogP contribution in [-0.2, 0) is 12.8 Å². The molecule has 0 unspecified atom stereocenters. The van der Waals surface area contributed by atoms with Crippen molar-refractivity contribution < 1.29 is 4.79 Å². The van der Waals surface area contributed by atoms with Crippen molar-refractivity contribution >= 4 is 44.9 Å². The van der Waals surface area contributed by atoms with E-state index in [0.717, 1.165) is 23.1 Å². The average Bonchev–Trinajstić information content (AvgIpc) is 3.04. The lowest BCUT2D eigenvalue weighted by molar-refractivity contribution is 0.102. The van der Waals surface area contributed by atoms with E-state index >= 15 is 0 Å². The zero-order chi connectivity index (χ0) is 19.9. The minimum atomic E-state index is 0.0753. The Morgan fingerprint density at radius 1 is 1.25 bits per heavy atom. The Bertz CT molecular complexity index is 1020. The number of carbonyl (C=O) groups is 1. The van der Waals surface area contributed by atoms with Crippen molar-refractivity contribution in [2.45, 2.75) is 45.2 Å². The molecule has 4 rings (SSSR count). The monoisotopic (exact) mass is 411 g/mol. The molecule has 4 nitrogen and oxygen atoms in total. The maximum absolute atomic E-state index is 12.4. The summed E-state index contributed by atoms with van der Waals surface area (Å²) in [6.45, 7) is 6.97. The molecule has 28 heavy (non-hydrogen) atoms. The number of nitrogen functional groups attached to an aromatic ring is 1. The topological polar surface area (TPSA) is 68.9 Å². The lowest BCUT2D eigenvalue weighted by Gasteiger charge is -2.33. The molecule has 0 amide bonds. The van der Waals surface area contributed by atoms with Crippen LogP contribution in [0.25, 0.3) is 10.2 Å². The molecule has 2 N–H and O–H groups in total. The summed E-state index contributed by atoms with van der Waals surface area (Å²) in [5, 5.41) is 1.62. The number of nitrogens with two attached hydrogens (primary N) is 1. The van der Waals surface area contributed by atoms with Crippen LogP contribution in [0.4, 0.5) is 5.82 Å². The first kappa shape index (κ1) is 19.4. The van der Waals surface area contributed by atoms with Gasteiger partial charge in [-0.05, 0) is 36.2 Å². The van der Waals surface area contributed by atoms with Gasteiger partial charge in [-0.15, -0.1) is 11.3 Å². The molecular weight excluding hydrogens is 386 g/mol. The first-order chi connectivity index (χ1) is 13.3. The first-order valence-corrected chi connectivity index (χ1v) is 11.4. The second-order valence-corrected chi connectivity index (χ2v) is 10.5. The van der Waals surface area contributed by atoms with Crippen molar-refractivity contribution in [2.24, 2.45) is 11.3 Å². The second-order valence-electron chi connectivity index (χ2n) is 8.46. The van der Waals surface area contributed by atoms with E-state index in [0.29, 0.717) is 33.6 Å². The maximum Gasteiger partial charge on any atom is 0.191 e. The van der Waals surface area contributed by atoms with E-state index in [1.165, 1.54) is 28.6 Å². The predicted octanol–water partition coefficient (Wildman–Crippen LogP) is 5.40. The Morgan fingerprint density at radius 2 is 2.00 bits per heavy atom. The molecule has 0 aliphatic heterocycles. The number of ketones is 1. The number of nitrogens with zero attached hydrogens (tertiary/aromatic N) is 2. The van der Waals surface area contributed by atoms with Crippen LogP contribution in [0.5, 0.6) is 0 Å². The van der Waals surface area contributed by atoms with E-state index in [1.54, 1.807) is 11.3 Å². The zero-order valence-corrected chi connectivity index (χ0v) is 18.1. The predicted molar refractivity (Wildman–Crippen MR) is 118 cm³/mol. The van der Waals surface area contributed by atoms with Crippen molar-refractivity contribution in [3.05, 3.63) is 46.3 Å². The Morgan fingerprint density at radius 3 is 2.71 bits per heavy atom. The third-order valence-electron chi connectivity index (χ3n) is 5.57. The second kappa shape index (κ2) is 7.48. The summed E-state index contributed by atoms with van der Waals surface area (Å²) < 4.78 is 0. The van der Waals surface area contributed by atoms with Crippen LogP contribution in [0, 0.1) is 11.3 Å². The summed E-state index contributed by atoms with van der Waals surface area (Å²) in [5.41, 5.74) is 8.68. The van der Waals surface area contributed by atoms with Gasteiger partial charge in [-0.1, -0.05) is 62.9 Å². The van der Waals surface area contributed by atoms with Crippen LogP contribution in [0.2, 0.25) is 0 Å². The normalized spacial score (nSPS) is 16.9. The van der Waals surface area contributed by atoms with Gasteiger partial charge in [-0.25, -0.2) is 9.97 Å². The van der Waals surface area contributed by atoms with Crippen LogP contribution >= 0.6 is 23.1 Å². The highest BCUT2D eigenvalue weighted by molar-refractivity contribution is 7.99. The number of benzene rings is 1. The van der Waals surface area contributed by atoms with Crippen LogP contribution < -0.4 is 5.73 Å². The highest BCUT2D eigenvalue weighted by Crippen LogP contribution is 2.44. The number of aromatic nitrogens is 2. The summed E-state index contributed by atoms with van der Waals surface area (Å²) >= 11 is 3.11. The number of rotatable bonds is 4. The van der Waals surface area contributed by atoms with Gasteiger partial charge >= 0.3 is 0 Å². The SMILES string of the molecule is CC(C)(C)[C@H]1CCc2c(sc3nc(SCC(=O)c4ccccc4)nc(N)c23)C1. The number of thioether (sulfide) groups is 1. The lowest BCUT2D eigenvalue weighted by atomic mass is 9.72. The number of thiophene rings is 1. The molecule has 1 atom stereocenters. The fourth-order valence-electron chi connectivity index (χ4n) is 3.83. The fraction of sp³-hybridized carbons (Fsp3) is 0.409. The summed E-state index contributed by atoms with van der Waals surface area (Å²) in [6.07, 6.45) is 3.32. The van der Waals surface area contributed by atoms with Crippen molar-refractivity contribution in [3.63, 3.8) is 0 Å². The molecule has 2 heterocycles. The molecule has 0 fully saturated rings. The summed E-state index contributed by atoms with van der Waals surface area (Å²) in [6, 6.07) is 9.32. The summed E-state index contributed by atoms with van der Waals surface area (Å²) in [5.74, 6) is 1.61. The third-order valence-corrected chi connectivity index (χ3v) is 7.56. The van der Waals surface area contributed by atoms with Gasteiger partial charge in [-0.3, -0.25) is 4.79 Å². The van der Waals surface area contributed by atoms with Gasteiger partial charge < -0.3 is 5.73 Å². The smallest absolute Gasteiger partial charge is 0.191 e. The van der Waals surface area contributed by atoms with Gasteiger partial charge in [0, 0.05) is 10.4 Å². The van der Waals surface area contributed by atoms with Crippen molar-refractivity contribution in [2.75, 3.05) is 11.5 Å². The number of fused-ring (bicyclic) bond motifs is 3. The number of hydrogen-bond acceptors (Lipinski definition) is 6. The molecule has 0 bridgehead atoms. The molecular formula is C22H25N3OS2. The number of Topliss-reactive ketones (excluding diaryl/α,β-unsaturated/α-hetero) is 1. The van der Waals surface area contributed by atoms with Gasteiger partial charge in [-0.2, -0.15) is 0 Å². The molecule has 0 saturated heterocycles. The minimum Gasteiger partial charge on any atom is -0.383 e. The molecule has 0 spiro atoms. The third kappa shape index (κ3) is 3.80. The highest BCUT2D eigenvalue weighted by atomic mass is 32.2. The van der Waals surface area contributed by atoms with E-state index in [1.807, 2.05) is 30.3 Å². The molecule has 2 aromatic heterocycles. The molecule has 0 saturated carbocycles. The van der Waals surface area contributed by atoms with Crippen molar-refractivity contribution in [3.8, 4) is 0 Å². The number of carbonyl (C=O) groups excluding carboxylic acids is 1. The molecule has 1 aliphatic rings. The van der Waals surface area contributed by atoms with E-state index in [9.17, 15) is 4.79 Å². The first-order valence-electron chi connectivity index (χ1n) is 9.61. The molecule has 6 heteroatoms. The van der Waals surface area contributed by atoms with Crippen LogP contribution in [0.1, 0.15) is 48.0 Å². The van der Waals surface area contributed by atoms with E-state index < -0.39 is 0 Å². The quantitative estimate of drug-likeness (QED) is 0.354. The molecule has 146 valence electrons. The zero-order valence-electron chi connectivity index (χ0n) is 16.5. The lowest BCUT2D eigenvalue weighted by Crippen LogP contribution is -2.26. The Balaban J connectivity index is 1.57. The Labute approximate surface area is 174 Å². The molecule has 0 radical (unpaired) electrons. The molecule has 3 aromatic rings. The number of aryl methyl sites for hydroxylation is 1. The van der Waals surface area contributed by atoms with E-state index in [4.69, 9.17) is 10.7 Å². The van der Waals surface area contributed by atoms with E-state index in [-0.39, 0.29) is 5.78 Å². The fourth-order valence-corrected chi connectivity index (χ4v) is 5.94. The largest absolute Gasteiger partial charge is 0.383 e. The molecule has 1 aromatic carbocycles. The van der Waals surface area contributed by atoms with Crippen LogP contribution in [-0.4, -0.2) is 21.5 Å². The summed E-state index contributed by atoms with van der Waals surface area (Å²) in [7, 11) is 0. The number of anilines is 1. The average molecular weight is 412 g/mol. The highest BCUT2D eigenvalue weighted by Gasteiger charge is 2.31. The van der Waals surface area contributed by atoms with Crippen molar-refractivity contribution in [1.29, 1.82) is 0 Å². The van der Waals surface area contributed by atoms with Gasteiger partial charge in [0.05, 0.1) is 11.1 Å². The standard InChI is InChI=1S/C22H25N3OS2/c1-22(2,3)14-9-10-15-17(11-14)28-20-18(15)19(23)24-21(25-20)27-12-16(26)13-7-5-4-6-8-13/h4-8,14H,9-12H2,1-3H3,(H2,23,24,25)/t14-/m0/s1. The van der Waals surface area contributed by atoms with Crippen LogP contribution in [0.15, 0.2) is 35.5 Å². The Hall–Kier alpha value is -1.92. The Kier molecular flexibility index (Phi) is 5.19. The minimum absolute atomic E-state index is 0.0753. The number of hydrogen-bond donors (Lipinski definition) is 1. The van der Waals surface area contributed by atoms with Gasteiger partial charge in [0.1, 0.15) is 10.6 Å². The van der Waals surface area contributed by atoms with Gasteiger partial charge in [0.2, 0.25) is 0 Å². The maximum atomic E-state index is 12.4. The van der Waals surface area contributed by atoms with Crippen molar-refractivity contribution in [1.82, 2.24) is 9.97 Å². The van der Waals surface area contributed by atoms with Gasteiger partial charge in [0.15, 0.2) is 10.9 Å². The van der Waals surface area contributed by atoms with E-state index in [2.05, 4.69) is 25.8 Å². The summed E-state index contributed by atoms with van der Waals surface area (Å²) in [4.78, 5) is 23.9. The van der Waals surface area contributed by atoms with Gasteiger partial charge in [0.25, 0.3) is 0 Å².